The predicted molar refractivity (Wildman–Crippen MR) is 76.7 cm³/mol. The Morgan fingerprint density at radius 3 is 2.53 bits per heavy atom. The molecule has 3 nitrogen and oxygen atoms in total. The van der Waals surface area contributed by atoms with Gasteiger partial charge in [-0.1, -0.05) is 46.3 Å². The molecule has 0 N–H and O–H groups in total. The van der Waals surface area contributed by atoms with E-state index in [-0.39, 0.29) is 6.09 Å². The van der Waals surface area contributed by atoms with Gasteiger partial charge in [-0.05, 0) is 29.7 Å². The molecule has 0 saturated carbocycles. The highest BCUT2D eigenvalue weighted by Gasteiger charge is 2.24. The third kappa shape index (κ3) is 2.73. The lowest BCUT2D eigenvalue weighted by Crippen LogP contribution is -2.26. The molecule has 0 aromatic heterocycles. The number of carbonyl (C=O) groups excluding carboxylic acids is 1. The molecule has 1 heterocycles. The molecule has 0 saturated heterocycles. The second-order valence-corrected chi connectivity index (χ2v) is 5.89. The Hall–Kier alpha value is -1.55. The molecule has 1 aliphatic carbocycles. The van der Waals surface area contributed by atoms with E-state index in [1.165, 1.54) is 11.1 Å². The quantitative estimate of drug-likeness (QED) is 0.738. The van der Waals surface area contributed by atoms with E-state index >= 15 is 0 Å². The molecule has 3 rings (SSSR count). The fraction of sp³-hybridized carbons (Fsp3) is 0.267. The third-order valence-electron chi connectivity index (χ3n) is 3.32. The number of fused-ring (bicyclic) bond motifs is 1. The van der Waals surface area contributed by atoms with Gasteiger partial charge in [0.15, 0.2) is 0 Å². The lowest BCUT2D eigenvalue weighted by Gasteiger charge is -2.17. The number of amides is 1. The SMILES string of the molecule is O=C(OC1=CCC(Br)C=C1)N1Cc2ccccc2C1. The summed E-state index contributed by atoms with van der Waals surface area (Å²) in [6, 6.07) is 8.10. The molecule has 1 aliphatic heterocycles. The lowest BCUT2D eigenvalue weighted by atomic mass is 10.1. The summed E-state index contributed by atoms with van der Waals surface area (Å²) in [6.45, 7) is 1.26. The second kappa shape index (κ2) is 5.21. The summed E-state index contributed by atoms with van der Waals surface area (Å²) in [4.78, 5) is 14.1. The van der Waals surface area contributed by atoms with Gasteiger partial charge in [0.1, 0.15) is 5.76 Å². The number of allylic oxidation sites excluding steroid dienone is 3. The van der Waals surface area contributed by atoms with E-state index in [4.69, 9.17) is 4.74 Å². The van der Waals surface area contributed by atoms with Crippen molar-refractivity contribution in [3.8, 4) is 0 Å². The van der Waals surface area contributed by atoms with Gasteiger partial charge in [0.2, 0.25) is 0 Å². The summed E-state index contributed by atoms with van der Waals surface area (Å²) < 4.78 is 5.40. The van der Waals surface area contributed by atoms with E-state index in [2.05, 4.69) is 28.1 Å². The highest BCUT2D eigenvalue weighted by atomic mass is 79.9. The lowest BCUT2D eigenvalue weighted by molar-refractivity contribution is 0.130. The molecule has 0 radical (unpaired) electrons. The van der Waals surface area contributed by atoms with Crippen molar-refractivity contribution in [1.82, 2.24) is 4.90 Å². The van der Waals surface area contributed by atoms with Crippen LogP contribution in [0, 0.1) is 0 Å². The zero-order chi connectivity index (χ0) is 13.2. The first kappa shape index (κ1) is 12.5. The number of hydrogen-bond donors (Lipinski definition) is 0. The van der Waals surface area contributed by atoms with Crippen LogP contribution in [0.4, 0.5) is 4.79 Å². The topological polar surface area (TPSA) is 29.5 Å². The van der Waals surface area contributed by atoms with Gasteiger partial charge in [-0.2, -0.15) is 0 Å². The minimum Gasteiger partial charge on any atom is -0.411 e. The van der Waals surface area contributed by atoms with Crippen LogP contribution in [-0.4, -0.2) is 15.8 Å². The molecule has 0 spiro atoms. The fourth-order valence-corrected chi connectivity index (χ4v) is 2.62. The highest BCUT2D eigenvalue weighted by Crippen LogP contribution is 2.24. The summed E-state index contributed by atoms with van der Waals surface area (Å²) in [5, 5.41) is 0. The molecule has 0 bridgehead atoms. The molecule has 4 heteroatoms. The Kier molecular flexibility index (Phi) is 3.42. The van der Waals surface area contributed by atoms with Crippen LogP contribution < -0.4 is 0 Å². The molecule has 19 heavy (non-hydrogen) atoms. The normalized spacial score (nSPS) is 21.0. The minimum absolute atomic E-state index is 0.278. The maximum Gasteiger partial charge on any atom is 0.415 e. The first-order valence-corrected chi connectivity index (χ1v) is 7.20. The fourth-order valence-electron chi connectivity index (χ4n) is 2.28. The van der Waals surface area contributed by atoms with Gasteiger partial charge >= 0.3 is 6.09 Å². The molecule has 0 fully saturated rings. The Labute approximate surface area is 120 Å². The molecule has 1 atom stereocenters. The average Bonchev–Trinajstić information content (AvgIpc) is 2.85. The van der Waals surface area contributed by atoms with Crippen LogP contribution >= 0.6 is 15.9 Å². The Balaban J connectivity index is 1.63. The number of nitrogens with zero attached hydrogens (tertiary/aromatic N) is 1. The van der Waals surface area contributed by atoms with Crippen molar-refractivity contribution in [2.45, 2.75) is 24.3 Å². The standard InChI is InChI=1S/C15H14BrNO2/c16-13-5-7-14(8-6-13)19-15(18)17-9-11-3-1-2-4-12(11)10-17/h1-5,7-8,13H,6,9-10H2. The summed E-state index contributed by atoms with van der Waals surface area (Å²) in [6.07, 6.45) is 6.32. The van der Waals surface area contributed by atoms with E-state index in [1.807, 2.05) is 30.4 Å². The number of carbonyl (C=O) groups is 1. The average molecular weight is 320 g/mol. The highest BCUT2D eigenvalue weighted by molar-refractivity contribution is 9.09. The minimum atomic E-state index is -0.278. The van der Waals surface area contributed by atoms with E-state index in [1.54, 1.807) is 4.90 Å². The van der Waals surface area contributed by atoms with Gasteiger partial charge in [0.25, 0.3) is 0 Å². The molecular formula is C15H14BrNO2. The largest absolute Gasteiger partial charge is 0.415 e. The monoisotopic (exact) mass is 319 g/mol. The molecule has 98 valence electrons. The summed E-state index contributed by atoms with van der Waals surface area (Å²) in [5.74, 6) is 0.636. The second-order valence-electron chi connectivity index (χ2n) is 4.71. The van der Waals surface area contributed by atoms with Crippen molar-refractivity contribution in [1.29, 1.82) is 0 Å². The van der Waals surface area contributed by atoms with Crippen LogP contribution in [-0.2, 0) is 17.8 Å². The molecule has 1 aromatic carbocycles. The van der Waals surface area contributed by atoms with Gasteiger partial charge < -0.3 is 4.74 Å². The maximum atomic E-state index is 12.1. The number of ether oxygens (including phenoxy) is 1. The molecule has 2 aliphatic rings. The van der Waals surface area contributed by atoms with Gasteiger partial charge in [-0.15, -0.1) is 0 Å². The van der Waals surface area contributed by atoms with Crippen LogP contribution in [0.1, 0.15) is 17.5 Å². The Morgan fingerprint density at radius 2 is 1.95 bits per heavy atom. The first-order valence-electron chi connectivity index (χ1n) is 6.28. The van der Waals surface area contributed by atoms with Crippen LogP contribution in [0.5, 0.6) is 0 Å². The van der Waals surface area contributed by atoms with Crippen molar-refractivity contribution in [3.63, 3.8) is 0 Å². The maximum absolute atomic E-state index is 12.1. The van der Waals surface area contributed by atoms with Gasteiger partial charge in [-0.25, -0.2) is 4.79 Å². The zero-order valence-electron chi connectivity index (χ0n) is 10.4. The Bertz CT molecular complexity index is 540. The van der Waals surface area contributed by atoms with Gasteiger partial charge in [0.05, 0.1) is 0 Å². The summed E-state index contributed by atoms with van der Waals surface area (Å²) >= 11 is 3.49. The molecule has 1 unspecified atom stereocenters. The van der Waals surface area contributed by atoms with E-state index in [0.717, 1.165) is 6.42 Å². The van der Waals surface area contributed by atoms with Crippen molar-refractivity contribution >= 4 is 22.0 Å². The predicted octanol–water partition coefficient (Wildman–Crippen LogP) is 3.75. The van der Waals surface area contributed by atoms with Crippen molar-refractivity contribution < 1.29 is 9.53 Å². The zero-order valence-corrected chi connectivity index (χ0v) is 12.0. The number of benzene rings is 1. The number of hydrogen-bond acceptors (Lipinski definition) is 2. The molecule has 1 aromatic rings. The molecular weight excluding hydrogens is 306 g/mol. The number of alkyl halides is 1. The summed E-state index contributed by atoms with van der Waals surface area (Å²) in [7, 11) is 0. The number of halogens is 1. The van der Waals surface area contributed by atoms with Crippen LogP contribution in [0.3, 0.4) is 0 Å². The van der Waals surface area contributed by atoms with Crippen LogP contribution in [0.15, 0.2) is 48.3 Å². The van der Waals surface area contributed by atoms with Crippen LogP contribution in [0.2, 0.25) is 0 Å². The summed E-state index contributed by atoms with van der Waals surface area (Å²) in [5.41, 5.74) is 2.40. The van der Waals surface area contributed by atoms with Gasteiger partial charge in [-0.3, -0.25) is 4.90 Å². The van der Waals surface area contributed by atoms with E-state index in [9.17, 15) is 4.79 Å². The smallest absolute Gasteiger partial charge is 0.411 e. The first-order chi connectivity index (χ1) is 9.22. The number of rotatable bonds is 1. The van der Waals surface area contributed by atoms with Crippen molar-refractivity contribution in [2.75, 3.05) is 0 Å². The van der Waals surface area contributed by atoms with Gasteiger partial charge in [0, 0.05) is 17.9 Å². The van der Waals surface area contributed by atoms with Crippen LogP contribution in [0.25, 0.3) is 0 Å². The van der Waals surface area contributed by atoms with Crippen molar-refractivity contribution in [2.24, 2.45) is 0 Å². The third-order valence-corrected chi connectivity index (χ3v) is 4.00. The van der Waals surface area contributed by atoms with E-state index < -0.39 is 0 Å². The van der Waals surface area contributed by atoms with E-state index in [0.29, 0.717) is 23.7 Å². The van der Waals surface area contributed by atoms with Crippen molar-refractivity contribution in [3.05, 3.63) is 59.4 Å². The molecule has 1 amide bonds. The Morgan fingerprint density at radius 1 is 1.26 bits per heavy atom.